The number of aliphatic hydroxyl groups excluding tert-OH is 1. The molecule has 1 N–H and O–H groups in total. The second-order valence-electron chi connectivity index (χ2n) is 3.50. The molecule has 3 unspecified atom stereocenters. The molecule has 0 aliphatic carbocycles. The summed E-state index contributed by atoms with van der Waals surface area (Å²) in [7, 11) is 0. The van der Waals surface area contributed by atoms with Gasteiger partial charge < -0.3 is 14.6 Å². The molecule has 0 radical (unpaired) electrons. The van der Waals surface area contributed by atoms with Gasteiger partial charge in [-0.3, -0.25) is 0 Å². The van der Waals surface area contributed by atoms with Crippen LogP contribution in [0.3, 0.4) is 0 Å². The summed E-state index contributed by atoms with van der Waals surface area (Å²) in [6.07, 6.45) is -7.84. The van der Waals surface area contributed by atoms with Crippen molar-refractivity contribution in [3.8, 4) is 0 Å². The van der Waals surface area contributed by atoms with Gasteiger partial charge in [0.1, 0.15) is 0 Å². The van der Waals surface area contributed by atoms with Crippen molar-refractivity contribution < 1.29 is 27.8 Å². The molecule has 1 aliphatic heterocycles. The van der Waals surface area contributed by atoms with E-state index in [9.17, 15) is 18.3 Å². The number of halogens is 3. The maximum absolute atomic E-state index is 12.5. The Hall–Kier alpha value is -0.330. The van der Waals surface area contributed by atoms with Gasteiger partial charge in [0.15, 0.2) is 6.10 Å². The Bertz CT molecular complexity index is 196. The first-order valence-corrected chi connectivity index (χ1v) is 4.93. The first-order valence-electron chi connectivity index (χ1n) is 4.93. The lowest BCUT2D eigenvalue weighted by Gasteiger charge is -2.33. The Morgan fingerprint density at radius 2 is 2.20 bits per heavy atom. The third-order valence-electron chi connectivity index (χ3n) is 2.29. The molecule has 1 heterocycles. The highest BCUT2D eigenvalue weighted by Gasteiger charge is 2.47. The van der Waals surface area contributed by atoms with Crippen molar-refractivity contribution in [1.29, 1.82) is 0 Å². The molecule has 1 fully saturated rings. The van der Waals surface area contributed by atoms with Crippen LogP contribution in [-0.4, -0.2) is 42.8 Å². The van der Waals surface area contributed by atoms with Crippen LogP contribution in [-0.2, 0) is 9.47 Å². The SMILES string of the molecule is CCOC(C1CC(O)CCO1)C(F)(F)F. The molecule has 0 aromatic heterocycles. The fourth-order valence-electron chi connectivity index (χ4n) is 1.61. The van der Waals surface area contributed by atoms with Crippen LogP contribution >= 0.6 is 0 Å². The zero-order valence-electron chi connectivity index (χ0n) is 8.46. The molecule has 6 heteroatoms. The van der Waals surface area contributed by atoms with Gasteiger partial charge in [-0.2, -0.15) is 13.2 Å². The molecule has 90 valence electrons. The number of alkyl halides is 3. The number of hydrogen-bond acceptors (Lipinski definition) is 3. The maximum Gasteiger partial charge on any atom is 0.417 e. The van der Waals surface area contributed by atoms with E-state index in [1.165, 1.54) is 6.92 Å². The minimum Gasteiger partial charge on any atom is -0.393 e. The monoisotopic (exact) mass is 228 g/mol. The normalized spacial score (nSPS) is 30.2. The van der Waals surface area contributed by atoms with Gasteiger partial charge in [-0.15, -0.1) is 0 Å². The van der Waals surface area contributed by atoms with Gasteiger partial charge in [0.25, 0.3) is 0 Å². The molecule has 0 spiro atoms. The van der Waals surface area contributed by atoms with E-state index >= 15 is 0 Å². The molecule has 15 heavy (non-hydrogen) atoms. The van der Waals surface area contributed by atoms with Gasteiger partial charge in [0, 0.05) is 19.6 Å². The summed E-state index contributed by atoms with van der Waals surface area (Å²) in [6.45, 7) is 1.61. The van der Waals surface area contributed by atoms with Crippen molar-refractivity contribution in [3.05, 3.63) is 0 Å². The van der Waals surface area contributed by atoms with E-state index in [2.05, 4.69) is 4.74 Å². The Labute approximate surface area is 86.2 Å². The van der Waals surface area contributed by atoms with Gasteiger partial charge in [-0.05, 0) is 13.3 Å². The van der Waals surface area contributed by atoms with E-state index in [4.69, 9.17) is 4.74 Å². The molecule has 3 atom stereocenters. The third kappa shape index (κ3) is 3.62. The summed E-state index contributed by atoms with van der Waals surface area (Å²) in [6, 6.07) is 0. The van der Waals surface area contributed by atoms with Crippen molar-refractivity contribution in [2.24, 2.45) is 0 Å². The second-order valence-corrected chi connectivity index (χ2v) is 3.50. The van der Waals surface area contributed by atoms with Crippen LogP contribution in [0.4, 0.5) is 13.2 Å². The lowest BCUT2D eigenvalue weighted by molar-refractivity contribution is -0.260. The van der Waals surface area contributed by atoms with E-state index in [1.54, 1.807) is 0 Å². The number of rotatable bonds is 3. The van der Waals surface area contributed by atoms with Crippen molar-refractivity contribution in [2.45, 2.75) is 44.3 Å². The summed E-state index contributed by atoms with van der Waals surface area (Å²) < 4.78 is 47.2. The molecular formula is C9H15F3O3. The highest BCUT2D eigenvalue weighted by molar-refractivity contribution is 4.83. The van der Waals surface area contributed by atoms with Crippen LogP contribution in [0.2, 0.25) is 0 Å². The van der Waals surface area contributed by atoms with Gasteiger partial charge in [-0.1, -0.05) is 0 Å². The van der Waals surface area contributed by atoms with Crippen molar-refractivity contribution in [2.75, 3.05) is 13.2 Å². The first kappa shape index (κ1) is 12.7. The van der Waals surface area contributed by atoms with E-state index < -0.39 is 24.5 Å². The average molecular weight is 228 g/mol. The zero-order chi connectivity index (χ0) is 11.5. The maximum atomic E-state index is 12.5. The van der Waals surface area contributed by atoms with Gasteiger partial charge in [0.2, 0.25) is 0 Å². The van der Waals surface area contributed by atoms with Crippen molar-refractivity contribution in [3.63, 3.8) is 0 Å². The summed E-state index contributed by atoms with van der Waals surface area (Å²) in [4.78, 5) is 0. The molecule has 0 amide bonds. The Balaban J connectivity index is 2.62. The van der Waals surface area contributed by atoms with Crippen LogP contribution in [0.5, 0.6) is 0 Å². The fourth-order valence-corrected chi connectivity index (χ4v) is 1.61. The Morgan fingerprint density at radius 3 is 2.67 bits per heavy atom. The van der Waals surface area contributed by atoms with Crippen LogP contribution in [0.1, 0.15) is 19.8 Å². The highest BCUT2D eigenvalue weighted by atomic mass is 19.4. The van der Waals surface area contributed by atoms with E-state index in [1.807, 2.05) is 0 Å². The molecule has 0 saturated carbocycles. The second kappa shape index (κ2) is 5.14. The highest BCUT2D eigenvalue weighted by Crippen LogP contribution is 2.30. The number of aliphatic hydroxyl groups is 1. The molecule has 0 aromatic rings. The van der Waals surface area contributed by atoms with Crippen LogP contribution in [0.25, 0.3) is 0 Å². The average Bonchev–Trinajstić information content (AvgIpc) is 2.12. The van der Waals surface area contributed by atoms with Crippen LogP contribution in [0, 0.1) is 0 Å². The molecule has 1 saturated heterocycles. The summed E-state index contributed by atoms with van der Waals surface area (Å²) >= 11 is 0. The lowest BCUT2D eigenvalue weighted by atomic mass is 10.0. The lowest BCUT2D eigenvalue weighted by Crippen LogP contribution is -2.47. The third-order valence-corrected chi connectivity index (χ3v) is 2.29. The topological polar surface area (TPSA) is 38.7 Å². The van der Waals surface area contributed by atoms with Crippen molar-refractivity contribution in [1.82, 2.24) is 0 Å². The van der Waals surface area contributed by atoms with Crippen LogP contribution in [0.15, 0.2) is 0 Å². The molecule has 1 rings (SSSR count). The van der Waals surface area contributed by atoms with Crippen molar-refractivity contribution >= 4 is 0 Å². The smallest absolute Gasteiger partial charge is 0.393 e. The summed E-state index contributed by atoms with van der Waals surface area (Å²) in [5.74, 6) is 0. The molecule has 3 nitrogen and oxygen atoms in total. The zero-order valence-corrected chi connectivity index (χ0v) is 8.46. The minimum absolute atomic E-state index is 0.0236. The Kier molecular flexibility index (Phi) is 4.36. The molecule has 1 aliphatic rings. The van der Waals surface area contributed by atoms with Gasteiger partial charge >= 0.3 is 6.18 Å². The molecular weight excluding hydrogens is 213 g/mol. The van der Waals surface area contributed by atoms with E-state index in [0.717, 1.165) is 0 Å². The fraction of sp³-hybridized carbons (Fsp3) is 1.00. The number of hydrogen-bond donors (Lipinski definition) is 1. The quantitative estimate of drug-likeness (QED) is 0.795. The number of ether oxygens (including phenoxy) is 2. The minimum atomic E-state index is -4.45. The molecule has 0 bridgehead atoms. The predicted octanol–water partition coefficient (Wildman–Crippen LogP) is 1.49. The Morgan fingerprint density at radius 1 is 1.53 bits per heavy atom. The van der Waals surface area contributed by atoms with E-state index in [0.29, 0.717) is 6.42 Å². The first-order chi connectivity index (χ1) is 6.95. The molecule has 0 aromatic carbocycles. The summed E-state index contributed by atoms with van der Waals surface area (Å²) in [5.41, 5.74) is 0. The van der Waals surface area contributed by atoms with E-state index in [-0.39, 0.29) is 19.6 Å². The van der Waals surface area contributed by atoms with Crippen LogP contribution < -0.4 is 0 Å². The summed E-state index contributed by atoms with van der Waals surface area (Å²) in [5, 5.41) is 9.26. The standard InChI is InChI=1S/C9H15F3O3/c1-2-14-8(9(10,11)12)7-5-6(13)3-4-15-7/h6-8,13H,2-5H2,1H3. The largest absolute Gasteiger partial charge is 0.417 e. The van der Waals surface area contributed by atoms with Gasteiger partial charge in [-0.25, -0.2) is 0 Å². The van der Waals surface area contributed by atoms with Gasteiger partial charge in [0.05, 0.1) is 12.2 Å². The predicted molar refractivity (Wildman–Crippen MR) is 46.4 cm³/mol.